The van der Waals surface area contributed by atoms with Crippen LogP contribution in [-0.2, 0) is 6.54 Å². The Hall–Kier alpha value is -3.88. The summed E-state index contributed by atoms with van der Waals surface area (Å²) in [5.41, 5.74) is 3.12. The second kappa shape index (κ2) is 11.2. The van der Waals surface area contributed by atoms with Crippen molar-refractivity contribution in [3.63, 3.8) is 0 Å². The number of phenolic OH excluding ortho intramolecular Hbond substituents is 1. The smallest absolute Gasteiger partial charge is 0.342 e. The van der Waals surface area contributed by atoms with Gasteiger partial charge in [0.25, 0.3) is 5.91 Å². The van der Waals surface area contributed by atoms with Crippen molar-refractivity contribution in [2.24, 2.45) is 0 Å². The van der Waals surface area contributed by atoms with E-state index in [2.05, 4.69) is 20.7 Å². The molecule has 0 unspecified atom stereocenters. The van der Waals surface area contributed by atoms with Gasteiger partial charge in [0.15, 0.2) is 0 Å². The Morgan fingerprint density at radius 2 is 1.82 bits per heavy atom. The number of carbonyl (C=O) groups is 2. The highest BCUT2D eigenvalue weighted by Crippen LogP contribution is 2.38. The van der Waals surface area contributed by atoms with Crippen LogP contribution in [0.25, 0.3) is 11.3 Å². The zero-order chi connectivity index (χ0) is 26.6. The molecule has 0 radical (unpaired) electrons. The quantitative estimate of drug-likeness (QED) is 0.234. The van der Waals surface area contributed by atoms with Crippen molar-refractivity contribution in [2.45, 2.75) is 38.1 Å². The van der Waals surface area contributed by atoms with E-state index in [-0.39, 0.29) is 35.0 Å². The van der Waals surface area contributed by atoms with Gasteiger partial charge in [0, 0.05) is 41.0 Å². The molecule has 5 rings (SSSR count). The summed E-state index contributed by atoms with van der Waals surface area (Å²) in [7, 11) is 0. The maximum Gasteiger partial charge on any atom is 0.342 e. The summed E-state index contributed by atoms with van der Waals surface area (Å²) in [6, 6.07) is 16.7. The third-order valence-electron chi connectivity index (χ3n) is 6.63. The first-order valence-corrected chi connectivity index (χ1v) is 13.0. The summed E-state index contributed by atoms with van der Waals surface area (Å²) in [5.74, 6) is -0.329. The van der Waals surface area contributed by atoms with Crippen molar-refractivity contribution in [1.29, 1.82) is 0 Å². The van der Waals surface area contributed by atoms with Crippen LogP contribution in [-0.4, -0.2) is 31.8 Å². The van der Waals surface area contributed by atoms with E-state index in [0.29, 0.717) is 22.0 Å². The lowest BCUT2D eigenvalue weighted by Crippen LogP contribution is -2.30. The van der Waals surface area contributed by atoms with Crippen LogP contribution in [0.4, 0.5) is 10.5 Å². The fourth-order valence-electron chi connectivity index (χ4n) is 4.67. The van der Waals surface area contributed by atoms with E-state index in [0.717, 1.165) is 36.9 Å². The number of rotatable bonds is 6. The Morgan fingerprint density at radius 3 is 2.55 bits per heavy atom. The molecule has 2 aromatic carbocycles. The monoisotopic (exact) mass is 549 g/mol. The second-order valence-corrected chi connectivity index (χ2v) is 9.89. The number of halogens is 2. The third kappa shape index (κ3) is 5.51. The molecule has 2 amide bonds. The Labute approximate surface area is 229 Å². The van der Waals surface area contributed by atoms with Gasteiger partial charge >= 0.3 is 6.03 Å². The van der Waals surface area contributed by atoms with Gasteiger partial charge in [-0.05, 0) is 54.8 Å². The predicted octanol–water partition coefficient (Wildman–Crippen LogP) is 6.63. The fourth-order valence-corrected chi connectivity index (χ4v) is 5.08. The summed E-state index contributed by atoms with van der Waals surface area (Å²) in [5, 5.41) is 21.7. The summed E-state index contributed by atoms with van der Waals surface area (Å²) < 4.78 is 1.39. The molecule has 2 aromatic heterocycles. The predicted molar refractivity (Wildman–Crippen MR) is 147 cm³/mol. The molecular formula is C28H25Cl2N5O3. The molecule has 2 heterocycles. The number of phenols is 1. The first-order chi connectivity index (χ1) is 18.4. The summed E-state index contributed by atoms with van der Waals surface area (Å²) in [6.45, 7) is 0.262. The molecule has 1 aliphatic rings. The maximum absolute atomic E-state index is 13.2. The maximum atomic E-state index is 13.2. The van der Waals surface area contributed by atoms with Crippen LogP contribution < -0.4 is 10.6 Å². The van der Waals surface area contributed by atoms with Gasteiger partial charge in [-0.25, -0.2) is 9.78 Å². The molecule has 1 fully saturated rings. The van der Waals surface area contributed by atoms with Crippen LogP contribution >= 0.6 is 23.2 Å². The third-order valence-corrected chi connectivity index (χ3v) is 7.30. The molecule has 3 N–H and O–H groups in total. The lowest BCUT2D eigenvalue weighted by atomic mass is 10.0. The number of pyridine rings is 1. The second-order valence-electron chi connectivity index (χ2n) is 9.13. The Bertz CT molecular complexity index is 1500. The van der Waals surface area contributed by atoms with E-state index in [1.165, 1.54) is 16.9 Å². The average molecular weight is 550 g/mol. The zero-order valence-corrected chi connectivity index (χ0v) is 21.8. The molecule has 10 heteroatoms. The number of amides is 2. The van der Waals surface area contributed by atoms with Gasteiger partial charge in [-0.2, -0.15) is 9.78 Å². The molecule has 4 aromatic rings. The Kier molecular flexibility index (Phi) is 7.62. The van der Waals surface area contributed by atoms with Gasteiger partial charge in [-0.1, -0.05) is 54.2 Å². The van der Waals surface area contributed by atoms with E-state index in [9.17, 15) is 14.7 Å². The van der Waals surface area contributed by atoms with Crippen LogP contribution in [0.1, 0.15) is 53.2 Å². The van der Waals surface area contributed by atoms with Crippen molar-refractivity contribution in [1.82, 2.24) is 20.1 Å². The number of anilines is 1. The molecule has 8 nitrogen and oxygen atoms in total. The summed E-state index contributed by atoms with van der Waals surface area (Å²) in [6.07, 6.45) is 5.61. The molecule has 0 spiro atoms. The van der Waals surface area contributed by atoms with Crippen molar-refractivity contribution in [3.8, 4) is 17.0 Å². The fraction of sp³-hybridized carbons (Fsp3) is 0.214. The number of hydrogen-bond acceptors (Lipinski definition) is 5. The van der Waals surface area contributed by atoms with Crippen molar-refractivity contribution in [3.05, 3.63) is 93.9 Å². The molecule has 1 saturated carbocycles. The van der Waals surface area contributed by atoms with Crippen LogP contribution in [0.2, 0.25) is 10.2 Å². The van der Waals surface area contributed by atoms with E-state index < -0.39 is 5.91 Å². The highest BCUT2D eigenvalue weighted by Gasteiger charge is 2.26. The molecule has 0 aliphatic heterocycles. The highest BCUT2D eigenvalue weighted by molar-refractivity contribution is 6.33. The van der Waals surface area contributed by atoms with E-state index >= 15 is 0 Å². The summed E-state index contributed by atoms with van der Waals surface area (Å²) >= 11 is 12.3. The lowest BCUT2D eigenvalue weighted by Gasteiger charge is -2.12. The lowest BCUT2D eigenvalue weighted by molar-refractivity contribution is 0.102. The molecule has 0 bridgehead atoms. The first kappa shape index (κ1) is 25.8. The Morgan fingerprint density at radius 1 is 1.03 bits per heavy atom. The molecule has 1 aliphatic carbocycles. The number of aromatic nitrogens is 3. The number of nitrogens with one attached hydrogen (secondary N) is 2. The van der Waals surface area contributed by atoms with Crippen LogP contribution in [0.5, 0.6) is 5.75 Å². The van der Waals surface area contributed by atoms with E-state index in [1.54, 1.807) is 30.3 Å². The van der Waals surface area contributed by atoms with Gasteiger partial charge in [0.05, 0.1) is 17.0 Å². The van der Waals surface area contributed by atoms with Gasteiger partial charge in [0.1, 0.15) is 10.9 Å². The molecule has 0 saturated heterocycles. The van der Waals surface area contributed by atoms with Crippen molar-refractivity contribution >= 4 is 40.8 Å². The Balaban J connectivity index is 1.39. The number of nitrogens with zero attached hydrogens (tertiary/aromatic N) is 3. The van der Waals surface area contributed by atoms with E-state index in [4.69, 9.17) is 23.2 Å². The average Bonchev–Trinajstić information content (AvgIpc) is 3.59. The zero-order valence-electron chi connectivity index (χ0n) is 20.3. The van der Waals surface area contributed by atoms with Gasteiger partial charge in [-0.15, -0.1) is 0 Å². The topological polar surface area (TPSA) is 109 Å². The number of aromatic hydroxyl groups is 1. The van der Waals surface area contributed by atoms with Crippen LogP contribution in [0.15, 0.2) is 66.9 Å². The van der Waals surface area contributed by atoms with E-state index in [1.807, 2.05) is 24.3 Å². The number of carbonyl (C=O) groups excluding carboxylic acids is 2. The van der Waals surface area contributed by atoms with Crippen LogP contribution in [0.3, 0.4) is 0 Å². The minimum Gasteiger partial charge on any atom is -0.507 e. The number of benzene rings is 2. The van der Waals surface area contributed by atoms with Gasteiger partial charge in [-0.3, -0.25) is 4.79 Å². The standard InChI is InChI=1S/C28H25Cl2N5O3/c29-22-10-4-3-8-18(22)16-32-28(38)35-24(17-6-1-2-7-17)15-23(34-35)20-12-11-19(14-25(20)36)33-27(37)21-9-5-13-31-26(21)30/h3-5,8-15,17,36H,1-2,6-7,16H2,(H,32,38)(H,33,37). The van der Waals surface area contributed by atoms with Crippen molar-refractivity contribution in [2.75, 3.05) is 5.32 Å². The molecule has 38 heavy (non-hydrogen) atoms. The van der Waals surface area contributed by atoms with Crippen molar-refractivity contribution < 1.29 is 14.7 Å². The minimum absolute atomic E-state index is 0.0841. The highest BCUT2D eigenvalue weighted by atomic mass is 35.5. The number of hydrogen-bond donors (Lipinski definition) is 3. The normalized spacial score (nSPS) is 13.4. The minimum atomic E-state index is -0.446. The van der Waals surface area contributed by atoms with Gasteiger partial charge in [0.2, 0.25) is 0 Å². The largest absolute Gasteiger partial charge is 0.507 e. The molecular weight excluding hydrogens is 525 g/mol. The summed E-state index contributed by atoms with van der Waals surface area (Å²) in [4.78, 5) is 29.7. The first-order valence-electron chi connectivity index (χ1n) is 12.3. The van der Waals surface area contributed by atoms with Gasteiger partial charge < -0.3 is 15.7 Å². The SMILES string of the molecule is O=C(Nc1ccc(-c2cc(C3CCCC3)n(C(=O)NCc3ccccc3Cl)n2)c(O)c1)c1cccnc1Cl. The molecule has 194 valence electrons. The molecule has 0 atom stereocenters. The van der Waals surface area contributed by atoms with Crippen LogP contribution in [0, 0.1) is 0 Å².